The summed E-state index contributed by atoms with van der Waals surface area (Å²) in [4.78, 5) is 0. The Hall–Kier alpha value is -4.01. The maximum absolute atomic E-state index is 6.37. The van der Waals surface area contributed by atoms with Crippen molar-refractivity contribution in [2.24, 2.45) is 0 Å². The summed E-state index contributed by atoms with van der Waals surface area (Å²) < 4.78 is 8.37. The molecule has 3 heteroatoms. The van der Waals surface area contributed by atoms with E-state index in [4.69, 9.17) is 16.0 Å². The zero-order valence-corrected chi connectivity index (χ0v) is 18.4. The highest BCUT2D eigenvalue weighted by atomic mass is 35.5. The Labute approximate surface area is 195 Å². The molecule has 0 aliphatic carbocycles. The molecule has 5 aromatic carbocycles. The number of benzene rings is 5. The van der Waals surface area contributed by atoms with Gasteiger partial charge in [0.15, 0.2) is 5.58 Å². The van der Waals surface area contributed by atoms with Gasteiger partial charge in [0.25, 0.3) is 0 Å². The molecule has 2 aromatic heterocycles. The first-order valence-corrected chi connectivity index (χ1v) is 11.4. The van der Waals surface area contributed by atoms with Crippen LogP contribution in [0.5, 0.6) is 0 Å². The molecule has 2 heterocycles. The van der Waals surface area contributed by atoms with Crippen LogP contribution in [0, 0.1) is 0 Å². The van der Waals surface area contributed by atoms with E-state index in [0.717, 1.165) is 33.2 Å². The van der Waals surface area contributed by atoms with E-state index in [0.29, 0.717) is 5.02 Å². The lowest BCUT2D eigenvalue weighted by atomic mass is 10.0. The number of nitrogens with zero attached hydrogens (tertiary/aromatic N) is 1. The van der Waals surface area contributed by atoms with E-state index in [1.807, 2.05) is 18.2 Å². The smallest absolute Gasteiger partial charge is 0.153 e. The molecule has 0 bridgehead atoms. The summed E-state index contributed by atoms with van der Waals surface area (Å²) in [6.07, 6.45) is 0. The van der Waals surface area contributed by atoms with E-state index in [9.17, 15) is 0 Å². The number of hydrogen-bond donors (Lipinski definition) is 0. The molecule has 0 spiro atoms. The van der Waals surface area contributed by atoms with Crippen molar-refractivity contribution in [1.82, 2.24) is 4.57 Å². The zero-order chi connectivity index (χ0) is 21.9. The Kier molecular flexibility index (Phi) is 3.93. The van der Waals surface area contributed by atoms with Gasteiger partial charge >= 0.3 is 0 Å². The Morgan fingerprint density at radius 2 is 1.27 bits per heavy atom. The summed E-state index contributed by atoms with van der Waals surface area (Å²) >= 11 is 6.37. The van der Waals surface area contributed by atoms with Crippen molar-refractivity contribution in [2.45, 2.75) is 0 Å². The van der Waals surface area contributed by atoms with Crippen molar-refractivity contribution in [1.29, 1.82) is 0 Å². The topological polar surface area (TPSA) is 18.1 Å². The van der Waals surface area contributed by atoms with Gasteiger partial charge in [0, 0.05) is 27.2 Å². The fourth-order valence-corrected chi connectivity index (χ4v) is 5.16. The summed E-state index contributed by atoms with van der Waals surface area (Å²) in [5.41, 5.74) is 7.47. The van der Waals surface area contributed by atoms with Crippen molar-refractivity contribution in [3.63, 3.8) is 0 Å². The first-order valence-electron chi connectivity index (χ1n) is 11.0. The van der Waals surface area contributed by atoms with Gasteiger partial charge in [0.1, 0.15) is 5.58 Å². The minimum Gasteiger partial charge on any atom is -0.454 e. The molecule has 7 aromatic rings. The van der Waals surface area contributed by atoms with E-state index in [1.165, 1.54) is 27.4 Å². The monoisotopic (exact) mass is 443 g/mol. The van der Waals surface area contributed by atoms with Gasteiger partial charge in [0.05, 0.1) is 16.1 Å². The SMILES string of the molecule is Clc1cccc2c1oc1ccc(-c3ccc4c5ccccc5n(-c5ccccc5)c4c3)cc12. The van der Waals surface area contributed by atoms with Gasteiger partial charge in [-0.25, -0.2) is 0 Å². The lowest BCUT2D eigenvalue weighted by Crippen LogP contribution is -1.93. The molecule has 0 aliphatic heterocycles. The largest absolute Gasteiger partial charge is 0.454 e. The first-order chi connectivity index (χ1) is 16.3. The first kappa shape index (κ1) is 18.6. The second-order valence-corrected chi connectivity index (χ2v) is 8.76. The van der Waals surface area contributed by atoms with Gasteiger partial charge < -0.3 is 8.98 Å². The number of furan rings is 1. The van der Waals surface area contributed by atoms with Crippen LogP contribution in [0.25, 0.3) is 60.6 Å². The van der Waals surface area contributed by atoms with Gasteiger partial charge in [-0.1, -0.05) is 78.3 Å². The molecule has 0 saturated heterocycles. The zero-order valence-electron chi connectivity index (χ0n) is 17.6. The van der Waals surface area contributed by atoms with Crippen LogP contribution in [0.15, 0.2) is 114 Å². The minimum absolute atomic E-state index is 0.638. The summed E-state index contributed by atoms with van der Waals surface area (Å²) in [7, 11) is 0. The van der Waals surface area contributed by atoms with Crippen molar-refractivity contribution in [3.05, 3.63) is 114 Å². The molecule has 7 rings (SSSR count). The number of halogens is 1. The molecule has 0 radical (unpaired) electrons. The van der Waals surface area contributed by atoms with E-state index >= 15 is 0 Å². The molecule has 33 heavy (non-hydrogen) atoms. The van der Waals surface area contributed by atoms with Crippen LogP contribution < -0.4 is 0 Å². The molecule has 0 fully saturated rings. The minimum atomic E-state index is 0.638. The predicted octanol–water partition coefficient (Wildman–Crippen LogP) is 9.00. The summed E-state index contributed by atoms with van der Waals surface area (Å²) in [5.74, 6) is 0. The van der Waals surface area contributed by atoms with E-state index in [1.54, 1.807) is 0 Å². The van der Waals surface area contributed by atoms with Crippen molar-refractivity contribution >= 4 is 55.3 Å². The van der Waals surface area contributed by atoms with Crippen molar-refractivity contribution in [2.75, 3.05) is 0 Å². The highest BCUT2D eigenvalue weighted by Gasteiger charge is 2.14. The van der Waals surface area contributed by atoms with Crippen LogP contribution in [0.3, 0.4) is 0 Å². The Balaban J connectivity index is 1.50. The van der Waals surface area contributed by atoms with Gasteiger partial charge in [-0.3, -0.25) is 0 Å². The molecule has 0 aliphatic rings. The number of para-hydroxylation sites is 3. The van der Waals surface area contributed by atoms with Crippen molar-refractivity contribution in [3.8, 4) is 16.8 Å². The number of hydrogen-bond acceptors (Lipinski definition) is 1. The van der Waals surface area contributed by atoms with Crippen LogP contribution in [0.4, 0.5) is 0 Å². The Morgan fingerprint density at radius 3 is 2.18 bits per heavy atom. The third kappa shape index (κ3) is 2.75. The third-order valence-electron chi connectivity index (χ3n) is 6.47. The third-order valence-corrected chi connectivity index (χ3v) is 6.77. The fraction of sp³-hybridized carbons (Fsp3) is 0. The quantitative estimate of drug-likeness (QED) is 0.260. The maximum Gasteiger partial charge on any atom is 0.153 e. The molecule has 2 nitrogen and oxygen atoms in total. The van der Waals surface area contributed by atoms with Crippen molar-refractivity contribution < 1.29 is 4.42 Å². The highest BCUT2D eigenvalue weighted by molar-refractivity contribution is 6.35. The Morgan fingerprint density at radius 1 is 0.545 bits per heavy atom. The highest BCUT2D eigenvalue weighted by Crippen LogP contribution is 2.38. The maximum atomic E-state index is 6.37. The summed E-state index contributed by atoms with van der Waals surface area (Å²) in [5, 5.41) is 5.26. The molecule has 0 unspecified atom stereocenters. The van der Waals surface area contributed by atoms with Crippen LogP contribution in [-0.4, -0.2) is 4.57 Å². The second-order valence-electron chi connectivity index (χ2n) is 8.35. The van der Waals surface area contributed by atoms with Crippen LogP contribution >= 0.6 is 11.6 Å². The van der Waals surface area contributed by atoms with Gasteiger partial charge in [0.2, 0.25) is 0 Å². The normalized spacial score (nSPS) is 11.8. The molecule has 0 atom stereocenters. The van der Waals surface area contributed by atoms with Gasteiger partial charge in [-0.05, 0) is 53.6 Å². The van der Waals surface area contributed by atoms with E-state index in [2.05, 4.69) is 95.6 Å². The second kappa shape index (κ2) is 6.99. The predicted molar refractivity (Wildman–Crippen MR) is 139 cm³/mol. The van der Waals surface area contributed by atoms with Crippen LogP contribution in [-0.2, 0) is 0 Å². The molecule has 0 amide bonds. The molecule has 0 saturated carbocycles. The fourth-order valence-electron chi connectivity index (χ4n) is 4.95. The number of fused-ring (bicyclic) bond motifs is 6. The summed E-state index contributed by atoms with van der Waals surface area (Å²) in [6, 6.07) is 38.1. The standard InChI is InChI=1S/C30H18ClNO/c31-26-11-6-10-24-25-17-19(14-16-29(25)33-30(24)26)20-13-15-23-22-9-4-5-12-27(22)32(28(23)18-20)21-7-2-1-3-8-21/h1-18H. The van der Waals surface area contributed by atoms with E-state index in [-0.39, 0.29) is 0 Å². The van der Waals surface area contributed by atoms with Gasteiger partial charge in [-0.15, -0.1) is 0 Å². The average molecular weight is 444 g/mol. The van der Waals surface area contributed by atoms with Gasteiger partial charge in [-0.2, -0.15) is 0 Å². The van der Waals surface area contributed by atoms with E-state index < -0.39 is 0 Å². The number of rotatable bonds is 2. The van der Waals surface area contributed by atoms with Crippen LogP contribution in [0.2, 0.25) is 5.02 Å². The number of aromatic nitrogens is 1. The lowest BCUT2D eigenvalue weighted by Gasteiger charge is -2.09. The molecule has 0 N–H and O–H groups in total. The summed E-state index contributed by atoms with van der Waals surface area (Å²) in [6.45, 7) is 0. The lowest BCUT2D eigenvalue weighted by molar-refractivity contribution is 0.669. The average Bonchev–Trinajstić information content (AvgIpc) is 3.40. The molecule has 156 valence electrons. The van der Waals surface area contributed by atoms with Crippen LogP contribution in [0.1, 0.15) is 0 Å². The molecular formula is C30H18ClNO. The molecular weight excluding hydrogens is 426 g/mol. The Bertz CT molecular complexity index is 1830.